The van der Waals surface area contributed by atoms with Gasteiger partial charge in [-0.05, 0) is 18.5 Å². The highest BCUT2D eigenvalue weighted by atomic mass is 28.3. The second-order valence-corrected chi connectivity index (χ2v) is 4.54. The Morgan fingerprint density at radius 2 is 2.00 bits per heavy atom. The zero-order chi connectivity index (χ0) is 8.81. The van der Waals surface area contributed by atoms with Crippen LogP contribution >= 0.6 is 0 Å². The molecule has 64 valence electrons. The second-order valence-electron chi connectivity index (χ2n) is 2.80. The van der Waals surface area contributed by atoms with Crippen molar-refractivity contribution in [2.24, 2.45) is 0 Å². The van der Waals surface area contributed by atoms with Gasteiger partial charge in [-0.25, -0.2) is 0 Å². The topological polar surface area (TPSA) is 0 Å². The van der Waals surface area contributed by atoms with E-state index in [0.717, 1.165) is 6.42 Å². The molecule has 0 N–H and O–H groups in total. The maximum atomic E-state index is 12.5. The molecule has 1 rings (SSSR count). The number of benzene rings is 1. The monoisotopic (exact) mass is 180 g/mol. The van der Waals surface area contributed by atoms with Gasteiger partial charge in [0.2, 0.25) is 0 Å². The molecule has 0 amide bonds. The summed E-state index contributed by atoms with van der Waals surface area (Å²) in [5, 5.41) is 0. The summed E-state index contributed by atoms with van der Waals surface area (Å²) in [4.78, 5) is 0. The molecule has 0 bridgehead atoms. The van der Waals surface area contributed by atoms with Crippen LogP contribution in [0.5, 0.6) is 0 Å². The van der Waals surface area contributed by atoms with Crippen LogP contribution in [-0.4, -0.2) is 9.13 Å². The predicted molar refractivity (Wildman–Crippen MR) is 53.4 cm³/mol. The Bertz CT molecular complexity index is 241. The lowest BCUT2D eigenvalue weighted by Crippen LogP contribution is -1.91. The summed E-state index contributed by atoms with van der Waals surface area (Å²) in [6.45, 7) is 1.67. The molecule has 0 nitrogen and oxygen atoms in total. The van der Waals surface area contributed by atoms with Gasteiger partial charge in [0.05, 0.1) is 0 Å². The van der Waals surface area contributed by atoms with Gasteiger partial charge in [0.15, 0.2) is 0 Å². The van der Waals surface area contributed by atoms with E-state index in [0.29, 0.717) is 0 Å². The summed E-state index contributed by atoms with van der Waals surface area (Å²) >= 11 is 0. The molecular formula is C10H13FSi. The Labute approximate surface area is 74.5 Å². The van der Waals surface area contributed by atoms with Crippen molar-refractivity contribution in [3.8, 4) is 0 Å². The standard InChI is InChI=1S/C10H13FSi/c1-12(11)9-5-8-10-6-3-2-4-7-10/h2-7,9,12H,8H2,1H3. The molecule has 0 aliphatic heterocycles. The molecule has 1 aromatic rings. The van der Waals surface area contributed by atoms with E-state index in [9.17, 15) is 4.11 Å². The molecule has 0 aliphatic carbocycles. The van der Waals surface area contributed by atoms with Crippen LogP contribution in [0, 0.1) is 0 Å². The smallest absolute Gasteiger partial charge is 0.252 e. The third-order valence-electron chi connectivity index (χ3n) is 1.60. The van der Waals surface area contributed by atoms with Gasteiger partial charge in [0.25, 0.3) is 9.13 Å². The van der Waals surface area contributed by atoms with E-state index in [-0.39, 0.29) is 0 Å². The Hall–Kier alpha value is -0.893. The molecule has 0 heterocycles. The maximum absolute atomic E-state index is 12.5. The average Bonchev–Trinajstić information content (AvgIpc) is 2.05. The number of allylic oxidation sites excluding steroid dienone is 1. The van der Waals surface area contributed by atoms with Crippen LogP contribution in [0.3, 0.4) is 0 Å². The molecule has 1 atom stereocenters. The lowest BCUT2D eigenvalue weighted by molar-refractivity contribution is 0.854. The highest BCUT2D eigenvalue weighted by Gasteiger charge is 1.91. The largest absolute Gasteiger partial charge is 0.313 e. The lowest BCUT2D eigenvalue weighted by Gasteiger charge is -1.93. The molecule has 0 saturated heterocycles. The minimum Gasteiger partial charge on any atom is -0.313 e. The second kappa shape index (κ2) is 4.88. The number of hydrogen-bond donors (Lipinski definition) is 0. The fraction of sp³-hybridized carbons (Fsp3) is 0.200. The third kappa shape index (κ3) is 3.48. The van der Waals surface area contributed by atoms with Crippen LogP contribution in [0.15, 0.2) is 42.1 Å². The summed E-state index contributed by atoms with van der Waals surface area (Å²) in [6.07, 6.45) is 2.77. The Balaban J connectivity index is 2.43. The molecule has 12 heavy (non-hydrogen) atoms. The van der Waals surface area contributed by atoms with E-state index in [1.165, 1.54) is 5.56 Å². The molecule has 0 fully saturated rings. The van der Waals surface area contributed by atoms with Gasteiger partial charge in [0, 0.05) is 0 Å². The van der Waals surface area contributed by atoms with Crippen molar-refractivity contribution in [1.29, 1.82) is 0 Å². The van der Waals surface area contributed by atoms with E-state index in [4.69, 9.17) is 0 Å². The van der Waals surface area contributed by atoms with Crippen molar-refractivity contribution >= 4 is 9.13 Å². The molecule has 1 aromatic carbocycles. The molecule has 0 saturated carbocycles. The van der Waals surface area contributed by atoms with Crippen LogP contribution < -0.4 is 0 Å². The van der Waals surface area contributed by atoms with Crippen LogP contribution in [0.25, 0.3) is 0 Å². The highest BCUT2D eigenvalue weighted by Crippen LogP contribution is 2.00. The normalized spacial score (nSPS) is 13.5. The maximum Gasteiger partial charge on any atom is 0.252 e. The fourth-order valence-electron chi connectivity index (χ4n) is 1.01. The molecule has 0 radical (unpaired) electrons. The van der Waals surface area contributed by atoms with Gasteiger partial charge in [-0.15, -0.1) is 0 Å². The molecule has 1 unspecified atom stereocenters. The highest BCUT2D eigenvalue weighted by molar-refractivity contribution is 6.55. The summed E-state index contributed by atoms with van der Waals surface area (Å²) in [7, 11) is -1.99. The average molecular weight is 180 g/mol. The summed E-state index contributed by atoms with van der Waals surface area (Å²) in [5.74, 6) is 0. The van der Waals surface area contributed by atoms with E-state index >= 15 is 0 Å². The van der Waals surface area contributed by atoms with Crippen molar-refractivity contribution in [1.82, 2.24) is 0 Å². The van der Waals surface area contributed by atoms with Gasteiger partial charge in [0.1, 0.15) is 0 Å². The first-order chi connectivity index (χ1) is 5.79. The van der Waals surface area contributed by atoms with Gasteiger partial charge < -0.3 is 4.11 Å². The van der Waals surface area contributed by atoms with Crippen LogP contribution in [0.2, 0.25) is 6.55 Å². The van der Waals surface area contributed by atoms with Crippen LogP contribution in [0.4, 0.5) is 4.11 Å². The number of halogens is 1. The Morgan fingerprint density at radius 3 is 2.58 bits per heavy atom. The van der Waals surface area contributed by atoms with Crippen molar-refractivity contribution in [2.75, 3.05) is 0 Å². The first-order valence-corrected chi connectivity index (χ1v) is 6.39. The van der Waals surface area contributed by atoms with Crippen molar-refractivity contribution in [3.05, 3.63) is 47.7 Å². The minimum atomic E-state index is -1.99. The first kappa shape index (κ1) is 9.20. The predicted octanol–water partition coefficient (Wildman–Crippen LogP) is 2.65. The molecule has 0 spiro atoms. The zero-order valence-corrected chi connectivity index (χ0v) is 8.36. The van der Waals surface area contributed by atoms with E-state index in [2.05, 4.69) is 12.1 Å². The van der Waals surface area contributed by atoms with Gasteiger partial charge in [-0.1, -0.05) is 42.1 Å². The lowest BCUT2D eigenvalue weighted by atomic mass is 10.2. The molecule has 0 aromatic heterocycles. The van der Waals surface area contributed by atoms with E-state index in [1.54, 1.807) is 12.2 Å². The van der Waals surface area contributed by atoms with Crippen LogP contribution in [0.1, 0.15) is 5.56 Å². The quantitative estimate of drug-likeness (QED) is 0.495. The summed E-state index contributed by atoms with van der Waals surface area (Å²) in [6, 6.07) is 10.1. The third-order valence-corrected chi connectivity index (χ3v) is 2.40. The molecular weight excluding hydrogens is 167 g/mol. The first-order valence-electron chi connectivity index (χ1n) is 4.13. The van der Waals surface area contributed by atoms with Crippen LogP contribution in [-0.2, 0) is 6.42 Å². The van der Waals surface area contributed by atoms with Gasteiger partial charge in [-0.3, -0.25) is 0 Å². The minimum absolute atomic E-state index is 0.849. The van der Waals surface area contributed by atoms with Crippen molar-refractivity contribution in [2.45, 2.75) is 13.0 Å². The molecule has 0 aliphatic rings. The SMILES string of the molecule is C[SiH](F)C=CCc1ccccc1. The fourth-order valence-corrected chi connectivity index (χ4v) is 1.52. The van der Waals surface area contributed by atoms with Crippen molar-refractivity contribution in [3.63, 3.8) is 0 Å². The van der Waals surface area contributed by atoms with Gasteiger partial charge in [-0.2, -0.15) is 0 Å². The van der Waals surface area contributed by atoms with Gasteiger partial charge >= 0.3 is 0 Å². The summed E-state index contributed by atoms with van der Waals surface area (Å²) < 4.78 is 12.5. The zero-order valence-electron chi connectivity index (χ0n) is 7.20. The van der Waals surface area contributed by atoms with E-state index in [1.807, 2.05) is 24.3 Å². The van der Waals surface area contributed by atoms with E-state index < -0.39 is 9.13 Å². The number of rotatable bonds is 3. The Morgan fingerprint density at radius 1 is 1.33 bits per heavy atom. The Kier molecular flexibility index (Phi) is 3.74. The molecule has 2 heteroatoms. The number of hydrogen-bond acceptors (Lipinski definition) is 0. The van der Waals surface area contributed by atoms with Crippen molar-refractivity contribution < 1.29 is 4.11 Å². The summed E-state index contributed by atoms with van der Waals surface area (Å²) in [5.41, 5.74) is 2.95.